The highest BCUT2D eigenvalue weighted by Crippen LogP contribution is 2.26. The highest BCUT2D eigenvalue weighted by atomic mass is 32.2. The summed E-state index contributed by atoms with van der Waals surface area (Å²) < 4.78 is 26.6. The van der Waals surface area contributed by atoms with Crippen LogP contribution in [0.2, 0.25) is 0 Å². The second kappa shape index (κ2) is 5.93. The smallest absolute Gasteiger partial charge is 0.150 e. The zero-order valence-electron chi connectivity index (χ0n) is 8.19. The highest BCUT2D eigenvalue weighted by Gasteiger charge is 2.13. The van der Waals surface area contributed by atoms with Crippen LogP contribution in [0.15, 0.2) is 17.0 Å². The molecular weight excluding hydrogens is 238 g/mol. The molecule has 1 aromatic carbocycles. The van der Waals surface area contributed by atoms with Crippen LogP contribution in [0.1, 0.15) is 10.4 Å². The van der Waals surface area contributed by atoms with E-state index in [1.165, 1.54) is 0 Å². The summed E-state index contributed by atoms with van der Waals surface area (Å²) in [6.07, 6.45) is -0.682. The Morgan fingerprint density at radius 2 is 1.94 bits per heavy atom. The van der Waals surface area contributed by atoms with Crippen LogP contribution >= 0.6 is 11.8 Å². The Morgan fingerprint density at radius 3 is 2.38 bits per heavy atom. The molecular formula is C10H10F2O3S. The molecule has 88 valence electrons. The average Bonchev–Trinajstić information content (AvgIpc) is 2.27. The summed E-state index contributed by atoms with van der Waals surface area (Å²) in [4.78, 5) is 10.1. The predicted octanol–water partition coefficient (Wildman–Crippen LogP) is 1.22. The van der Waals surface area contributed by atoms with E-state index in [-0.39, 0.29) is 16.2 Å². The summed E-state index contributed by atoms with van der Waals surface area (Å²) in [5, 5.41) is 17.6. The van der Waals surface area contributed by atoms with Crippen LogP contribution in [0.5, 0.6) is 0 Å². The van der Waals surface area contributed by atoms with Gasteiger partial charge in [0.15, 0.2) is 0 Å². The number of aliphatic hydroxyl groups excluding tert-OH is 2. The van der Waals surface area contributed by atoms with E-state index in [1.54, 1.807) is 0 Å². The van der Waals surface area contributed by atoms with Crippen molar-refractivity contribution < 1.29 is 23.8 Å². The maximum Gasteiger partial charge on any atom is 0.150 e. The molecule has 1 rings (SSSR count). The average molecular weight is 248 g/mol. The zero-order valence-corrected chi connectivity index (χ0v) is 9.01. The molecule has 0 radical (unpaired) electrons. The first kappa shape index (κ1) is 13.1. The minimum Gasteiger partial charge on any atom is -0.394 e. The van der Waals surface area contributed by atoms with Crippen LogP contribution in [0.4, 0.5) is 8.78 Å². The number of benzene rings is 1. The summed E-state index contributed by atoms with van der Waals surface area (Å²) in [7, 11) is 0. The van der Waals surface area contributed by atoms with Gasteiger partial charge in [-0.15, -0.1) is 11.8 Å². The first-order valence-electron chi connectivity index (χ1n) is 4.44. The van der Waals surface area contributed by atoms with E-state index < -0.39 is 24.3 Å². The molecule has 0 bridgehead atoms. The van der Waals surface area contributed by atoms with Crippen molar-refractivity contribution in [2.75, 3.05) is 12.4 Å². The van der Waals surface area contributed by atoms with Crippen LogP contribution in [0.25, 0.3) is 0 Å². The fourth-order valence-electron chi connectivity index (χ4n) is 1.02. The summed E-state index contributed by atoms with van der Waals surface area (Å²) in [6.45, 7) is -0.470. The molecule has 6 heteroatoms. The second-order valence-corrected chi connectivity index (χ2v) is 4.11. The Balaban J connectivity index is 2.84. The van der Waals surface area contributed by atoms with Crippen LogP contribution in [-0.4, -0.2) is 35.0 Å². The van der Waals surface area contributed by atoms with Crippen molar-refractivity contribution in [3.8, 4) is 0 Å². The predicted molar refractivity (Wildman–Crippen MR) is 55.6 cm³/mol. The highest BCUT2D eigenvalue weighted by molar-refractivity contribution is 7.99. The van der Waals surface area contributed by atoms with Gasteiger partial charge in [0.05, 0.1) is 17.6 Å². The molecule has 0 aliphatic rings. The third-order valence-electron chi connectivity index (χ3n) is 1.79. The van der Waals surface area contributed by atoms with Crippen molar-refractivity contribution in [1.82, 2.24) is 0 Å². The van der Waals surface area contributed by atoms with Crippen molar-refractivity contribution in [1.29, 1.82) is 0 Å². The second-order valence-electron chi connectivity index (χ2n) is 3.08. The van der Waals surface area contributed by atoms with E-state index >= 15 is 0 Å². The summed E-state index contributed by atoms with van der Waals surface area (Å²) in [5.41, 5.74) is -0.0814. The normalized spacial score (nSPS) is 12.5. The molecule has 0 spiro atoms. The standard InChI is InChI=1S/C10H10F2O3S/c11-8-1-6(3-13)2-9(12)10(8)16-5-7(15)4-14/h1-3,7,14-15H,4-5H2. The molecule has 0 amide bonds. The lowest BCUT2D eigenvalue weighted by Gasteiger charge is -2.08. The lowest BCUT2D eigenvalue weighted by atomic mass is 10.2. The number of hydrogen-bond donors (Lipinski definition) is 2. The van der Waals surface area contributed by atoms with Gasteiger partial charge in [0, 0.05) is 11.3 Å². The molecule has 0 aliphatic heterocycles. The lowest BCUT2D eigenvalue weighted by molar-refractivity contribution is 0.112. The number of aliphatic hydroxyl groups is 2. The number of hydrogen-bond acceptors (Lipinski definition) is 4. The first-order chi connectivity index (χ1) is 7.58. The number of rotatable bonds is 5. The number of aldehydes is 1. The van der Waals surface area contributed by atoms with Gasteiger partial charge in [-0.05, 0) is 12.1 Å². The fourth-order valence-corrected chi connectivity index (χ4v) is 1.88. The largest absolute Gasteiger partial charge is 0.394 e. The van der Waals surface area contributed by atoms with Crippen LogP contribution in [0, 0.1) is 11.6 Å². The van der Waals surface area contributed by atoms with Crippen molar-refractivity contribution >= 4 is 18.0 Å². The van der Waals surface area contributed by atoms with Gasteiger partial charge in [-0.25, -0.2) is 8.78 Å². The minimum absolute atomic E-state index is 0.0230. The van der Waals surface area contributed by atoms with Crippen molar-refractivity contribution in [2.24, 2.45) is 0 Å². The number of carbonyl (C=O) groups excluding carboxylic acids is 1. The van der Waals surface area contributed by atoms with Gasteiger partial charge in [0.25, 0.3) is 0 Å². The molecule has 0 saturated heterocycles. The minimum atomic E-state index is -1.03. The quantitative estimate of drug-likeness (QED) is 0.607. The van der Waals surface area contributed by atoms with Gasteiger partial charge in [-0.2, -0.15) is 0 Å². The maximum atomic E-state index is 13.3. The molecule has 1 atom stereocenters. The molecule has 0 fully saturated rings. The molecule has 2 N–H and O–H groups in total. The Bertz CT molecular complexity index is 361. The molecule has 1 aromatic rings. The van der Waals surface area contributed by atoms with Crippen molar-refractivity contribution in [3.05, 3.63) is 29.3 Å². The Morgan fingerprint density at radius 1 is 1.38 bits per heavy atom. The Kier molecular flexibility index (Phi) is 4.85. The van der Waals surface area contributed by atoms with Gasteiger partial charge < -0.3 is 10.2 Å². The van der Waals surface area contributed by atoms with Gasteiger partial charge in [0.1, 0.15) is 17.9 Å². The van der Waals surface area contributed by atoms with E-state index in [1.807, 2.05) is 0 Å². The maximum absolute atomic E-state index is 13.3. The van der Waals surface area contributed by atoms with E-state index in [2.05, 4.69) is 0 Å². The van der Waals surface area contributed by atoms with Gasteiger partial charge in [-0.1, -0.05) is 0 Å². The molecule has 3 nitrogen and oxygen atoms in total. The van der Waals surface area contributed by atoms with Crippen molar-refractivity contribution in [2.45, 2.75) is 11.0 Å². The van der Waals surface area contributed by atoms with Gasteiger partial charge in [0.2, 0.25) is 0 Å². The molecule has 1 unspecified atom stereocenters. The molecule has 0 saturated carbocycles. The fraction of sp³-hybridized carbons (Fsp3) is 0.300. The van der Waals surface area contributed by atoms with E-state index in [0.29, 0.717) is 6.29 Å². The van der Waals surface area contributed by atoms with Crippen LogP contribution < -0.4 is 0 Å². The third kappa shape index (κ3) is 3.26. The van der Waals surface area contributed by atoms with Gasteiger partial charge in [-0.3, -0.25) is 4.79 Å². The number of halogens is 2. The van der Waals surface area contributed by atoms with E-state index in [9.17, 15) is 13.6 Å². The number of carbonyl (C=O) groups is 1. The molecule has 0 aliphatic carbocycles. The Hall–Kier alpha value is -0.980. The summed E-state index contributed by atoms with van der Waals surface area (Å²) in [6, 6.07) is 1.84. The molecule has 16 heavy (non-hydrogen) atoms. The summed E-state index contributed by atoms with van der Waals surface area (Å²) >= 11 is 0.750. The van der Waals surface area contributed by atoms with E-state index in [0.717, 1.165) is 23.9 Å². The van der Waals surface area contributed by atoms with Crippen molar-refractivity contribution in [3.63, 3.8) is 0 Å². The topological polar surface area (TPSA) is 57.5 Å². The SMILES string of the molecule is O=Cc1cc(F)c(SCC(O)CO)c(F)c1. The van der Waals surface area contributed by atoms with Gasteiger partial charge >= 0.3 is 0 Å². The monoisotopic (exact) mass is 248 g/mol. The molecule has 0 aromatic heterocycles. The van der Waals surface area contributed by atoms with E-state index in [4.69, 9.17) is 10.2 Å². The number of thioether (sulfide) groups is 1. The van der Waals surface area contributed by atoms with Crippen LogP contribution in [-0.2, 0) is 0 Å². The molecule has 0 heterocycles. The lowest BCUT2D eigenvalue weighted by Crippen LogP contribution is -2.14. The summed E-state index contributed by atoms with van der Waals surface area (Å²) in [5.74, 6) is -1.72. The first-order valence-corrected chi connectivity index (χ1v) is 5.43. The zero-order chi connectivity index (χ0) is 12.1. The van der Waals surface area contributed by atoms with Crippen LogP contribution in [0.3, 0.4) is 0 Å². The Labute approximate surface area is 95.1 Å². The third-order valence-corrected chi connectivity index (χ3v) is 3.02.